The highest BCUT2D eigenvalue weighted by Crippen LogP contribution is 2.23. The highest BCUT2D eigenvalue weighted by Gasteiger charge is 2.24. The maximum Gasteiger partial charge on any atom is 0.137 e. The molecular formula is C16H20N4O. The molecule has 1 saturated heterocycles. The number of likely N-dealkylation sites (tertiary alicyclic amines) is 1. The number of aromatic nitrogens is 2. The molecule has 0 radical (unpaired) electrons. The first-order valence-corrected chi connectivity index (χ1v) is 7.53. The van der Waals surface area contributed by atoms with Crippen LogP contribution in [0.25, 0.3) is 5.65 Å². The van der Waals surface area contributed by atoms with Crippen LogP contribution in [0.2, 0.25) is 0 Å². The lowest BCUT2D eigenvalue weighted by molar-refractivity contribution is 0.208. The molecule has 5 nitrogen and oxygen atoms in total. The van der Waals surface area contributed by atoms with E-state index in [-0.39, 0.29) is 6.61 Å². The van der Waals surface area contributed by atoms with Gasteiger partial charge in [-0.25, -0.2) is 4.98 Å². The Labute approximate surface area is 124 Å². The van der Waals surface area contributed by atoms with Gasteiger partial charge < -0.3 is 9.51 Å². The van der Waals surface area contributed by atoms with Gasteiger partial charge in [0, 0.05) is 25.4 Å². The summed E-state index contributed by atoms with van der Waals surface area (Å²) in [5.74, 6) is 0. The number of rotatable bonds is 5. The third-order valence-electron chi connectivity index (χ3n) is 4.27. The molecule has 1 fully saturated rings. The summed E-state index contributed by atoms with van der Waals surface area (Å²) in [6.07, 6.45) is 8.11. The van der Waals surface area contributed by atoms with Crippen LogP contribution in [-0.4, -0.2) is 38.6 Å². The Balaban J connectivity index is 1.79. The van der Waals surface area contributed by atoms with E-state index < -0.39 is 0 Å². The molecule has 1 aliphatic rings. The van der Waals surface area contributed by atoms with Gasteiger partial charge in [0.25, 0.3) is 0 Å². The van der Waals surface area contributed by atoms with Crippen LogP contribution in [0.15, 0.2) is 24.5 Å². The molecule has 1 atom stereocenters. The van der Waals surface area contributed by atoms with Gasteiger partial charge in [-0.2, -0.15) is 5.26 Å². The number of hydrogen-bond acceptors (Lipinski definition) is 4. The largest absolute Gasteiger partial charge is 0.396 e. The van der Waals surface area contributed by atoms with Crippen LogP contribution in [0.3, 0.4) is 0 Å². The molecule has 0 aromatic carbocycles. The summed E-state index contributed by atoms with van der Waals surface area (Å²) in [5, 5.41) is 18.0. The Kier molecular flexibility index (Phi) is 4.18. The van der Waals surface area contributed by atoms with E-state index in [4.69, 9.17) is 10.4 Å². The third kappa shape index (κ3) is 2.92. The van der Waals surface area contributed by atoms with Crippen molar-refractivity contribution in [1.29, 1.82) is 5.26 Å². The lowest BCUT2D eigenvalue weighted by Crippen LogP contribution is -2.29. The number of fused-ring (bicyclic) bond motifs is 1. The second kappa shape index (κ2) is 6.25. The van der Waals surface area contributed by atoms with Crippen molar-refractivity contribution in [3.8, 4) is 6.07 Å². The quantitative estimate of drug-likeness (QED) is 0.911. The van der Waals surface area contributed by atoms with Crippen molar-refractivity contribution >= 4 is 5.65 Å². The Hall–Kier alpha value is -1.90. The number of aliphatic hydroxyl groups is 1. The smallest absolute Gasteiger partial charge is 0.137 e. The number of hydrogen-bond donors (Lipinski definition) is 1. The van der Waals surface area contributed by atoms with E-state index >= 15 is 0 Å². The molecule has 0 saturated carbocycles. The summed E-state index contributed by atoms with van der Waals surface area (Å²) >= 11 is 0. The molecule has 110 valence electrons. The minimum Gasteiger partial charge on any atom is -0.396 e. The van der Waals surface area contributed by atoms with Crippen LogP contribution in [0, 0.1) is 11.3 Å². The number of imidazole rings is 1. The lowest BCUT2D eigenvalue weighted by Gasteiger charge is -2.23. The molecule has 2 aromatic rings. The summed E-state index contributed by atoms with van der Waals surface area (Å²) in [5.41, 5.74) is 2.66. The van der Waals surface area contributed by atoms with Crippen LogP contribution < -0.4 is 0 Å². The molecule has 1 unspecified atom stereocenters. The fourth-order valence-electron chi connectivity index (χ4n) is 3.18. The molecular weight excluding hydrogens is 264 g/mol. The number of nitriles is 1. The maximum atomic E-state index is 9.03. The van der Waals surface area contributed by atoms with Gasteiger partial charge in [-0.3, -0.25) is 4.90 Å². The minimum atomic E-state index is 0.269. The van der Waals surface area contributed by atoms with Crippen molar-refractivity contribution in [2.75, 3.05) is 13.2 Å². The molecule has 1 aliphatic heterocycles. The van der Waals surface area contributed by atoms with E-state index in [1.807, 2.05) is 22.9 Å². The van der Waals surface area contributed by atoms with Gasteiger partial charge in [0.15, 0.2) is 0 Å². The van der Waals surface area contributed by atoms with Crippen molar-refractivity contribution in [3.05, 3.63) is 35.8 Å². The lowest BCUT2D eigenvalue weighted by atomic mass is 10.1. The first-order valence-electron chi connectivity index (χ1n) is 7.53. The van der Waals surface area contributed by atoms with E-state index in [1.54, 1.807) is 6.07 Å². The summed E-state index contributed by atoms with van der Waals surface area (Å²) in [6.45, 7) is 2.22. The minimum absolute atomic E-state index is 0.269. The Morgan fingerprint density at radius 3 is 3.14 bits per heavy atom. The second-order valence-electron chi connectivity index (χ2n) is 5.64. The van der Waals surface area contributed by atoms with E-state index in [0.717, 1.165) is 37.3 Å². The Bertz CT molecular complexity index is 658. The molecule has 0 bridgehead atoms. The standard InChI is InChI=1S/C16H20N4O/c17-9-13-5-6-16-18-10-15(20(16)11-13)12-19-7-1-3-14(19)4-2-8-21/h5-6,10-11,14,21H,1-4,7-8,12H2. The van der Waals surface area contributed by atoms with Crippen molar-refractivity contribution in [2.45, 2.75) is 38.3 Å². The molecule has 1 N–H and O–H groups in total. The van der Waals surface area contributed by atoms with Crippen LogP contribution >= 0.6 is 0 Å². The maximum absolute atomic E-state index is 9.03. The average Bonchev–Trinajstić information content (AvgIpc) is 3.12. The predicted octanol–water partition coefficient (Wildman–Crippen LogP) is 1.94. The van der Waals surface area contributed by atoms with Gasteiger partial charge >= 0.3 is 0 Å². The van der Waals surface area contributed by atoms with E-state index in [1.165, 1.54) is 12.8 Å². The summed E-state index contributed by atoms with van der Waals surface area (Å²) < 4.78 is 2.01. The van der Waals surface area contributed by atoms with Crippen molar-refractivity contribution in [1.82, 2.24) is 14.3 Å². The SMILES string of the molecule is N#Cc1ccc2ncc(CN3CCCC3CCCO)n2c1. The molecule has 3 heterocycles. The zero-order valence-electron chi connectivity index (χ0n) is 12.1. The summed E-state index contributed by atoms with van der Waals surface area (Å²) in [6, 6.07) is 6.42. The van der Waals surface area contributed by atoms with Crippen molar-refractivity contribution in [2.24, 2.45) is 0 Å². The Morgan fingerprint density at radius 1 is 1.43 bits per heavy atom. The third-order valence-corrected chi connectivity index (χ3v) is 4.27. The van der Waals surface area contributed by atoms with Gasteiger partial charge in [0.1, 0.15) is 11.7 Å². The Morgan fingerprint density at radius 2 is 2.33 bits per heavy atom. The first-order chi connectivity index (χ1) is 10.3. The molecule has 21 heavy (non-hydrogen) atoms. The summed E-state index contributed by atoms with van der Waals surface area (Å²) in [7, 11) is 0. The van der Waals surface area contributed by atoms with Gasteiger partial charge in [-0.1, -0.05) is 0 Å². The first kappa shape index (κ1) is 14.1. The number of pyridine rings is 1. The topological polar surface area (TPSA) is 64.6 Å². The van der Waals surface area contributed by atoms with Gasteiger partial charge in [-0.15, -0.1) is 0 Å². The fraction of sp³-hybridized carbons (Fsp3) is 0.500. The second-order valence-corrected chi connectivity index (χ2v) is 5.64. The fourth-order valence-corrected chi connectivity index (χ4v) is 3.18. The average molecular weight is 284 g/mol. The predicted molar refractivity (Wildman–Crippen MR) is 79.7 cm³/mol. The van der Waals surface area contributed by atoms with Gasteiger partial charge in [0.05, 0.1) is 17.5 Å². The monoisotopic (exact) mass is 284 g/mol. The summed E-state index contributed by atoms with van der Waals surface area (Å²) in [4.78, 5) is 6.88. The zero-order valence-corrected chi connectivity index (χ0v) is 12.1. The van der Waals surface area contributed by atoms with Crippen LogP contribution in [0.4, 0.5) is 0 Å². The molecule has 3 rings (SSSR count). The van der Waals surface area contributed by atoms with Crippen LogP contribution in [-0.2, 0) is 6.54 Å². The van der Waals surface area contributed by atoms with E-state index in [0.29, 0.717) is 11.6 Å². The van der Waals surface area contributed by atoms with Crippen molar-refractivity contribution < 1.29 is 5.11 Å². The van der Waals surface area contributed by atoms with E-state index in [9.17, 15) is 0 Å². The van der Waals surface area contributed by atoms with Crippen molar-refractivity contribution in [3.63, 3.8) is 0 Å². The highest BCUT2D eigenvalue weighted by molar-refractivity contribution is 5.44. The van der Waals surface area contributed by atoms with Gasteiger partial charge in [0.2, 0.25) is 0 Å². The number of nitrogens with zero attached hydrogens (tertiary/aromatic N) is 4. The normalized spacial score (nSPS) is 19.1. The highest BCUT2D eigenvalue weighted by atomic mass is 16.2. The molecule has 0 spiro atoms. The van der Waals surface area contributed by atoms with E-state index in [2.05, 4.69) is 16.0 Å². The van der Waals surface area contributed by atoms with Crippen LogP contribution in [0.1, 0.15) is 36.9 Å². The van der Waals surface area contributed by atoms with Crippen LogP contribution in [0.5, 0.6) is 0 Å². The molecule has 2 aromatic heterocycles. The molecule has 0 aliphatic carbocycles. The molecule has 0 amide bonds. The zero-order chi connectivity index (χ0) is 14.7. The van der Waals surface area contributed by atoms with Gasteiger partial charge in [-0.05, 0) is 44.4 Å². The number of aliphatic hydroxyl groups excluding tert-OH is 1. The molecule has 5 heteroatoms.